The van der Waals surface area contributed by atoms with Crippen molar-refractivity contribution in [3.63, 3.8) is 0 Å². The lowest BCUT2D eigenvalue weighted by Gasteiger charge is -2.18. The first-order valence-corrected chi connectivity index (χ1v) is 6.15. The van der Waals surface area contributed by atoms with Gasteiger partial charge in [-0.05, 0) is 18.1 Å². The van der Waals surface area contributed by atoms with Crippen LogP contribution in [-0.4, -0.2) is 40.3 Å². The first-order valence-electron chi connectivity index (χ1n) is 6.15. The van der Waals surface area contributed by atoms with Crippen molar-refractivity contribution in [1.29, 1.82) is 0 Å². The lowest BCUT2D eigenvalue weighted by atomic mass is 10.0. The van der Waals surface area contributed by atoms with Gasteiger partial charge in [0, 0.05) is 19.0 Å². The number of anilines is 2. The number of aliphatic hydroxyl groups is 2. The van der Waals surface area contributed by atoms with Gasteiger partial charge in [0.05, 0.1) is 23.3 Å². The number of nitro benzene ring substituents is 1. The van der Waals surface area contributed by atoms with Crippen molar-refractivity contribution in [2.45, 2.75) is 18.9 Å². The summed E-state index contributed by atoms with van der Waals surface area (Å²) in [5.74, 6) is -0.164. The molecule has 1 unspecified atom stereocenters. The molecular formula is C12H15N3O5. The van der Waals surface area contributed by atoms with Gasteiger partial charge >= 0.3 is 0 Å². The zero-order valence-electron chi connectivity index (χ0n) is 10.6. The van der Waals surface area contributed by atoms with Crippen molar-refractivity contribution in [2.24, 2.45) is 0 Å². The van der Waals surface area contributed by atoms with Crippen LogP contribution in [-0.2, 0) is 11.2 Å². The number of rotatable bonds is 5. The average molecular weight is 281 g/mol. The summed E-state index contributed by atoms with van der Waals surface area (Å²) in [5.41, 5.74) is 1.32. The van der Waals surface area contributed by atoms with Gasteiger partial charge in [-0.2, -0.15) is 0 Å². The number of aryl methyl sites for hydroxylation is 1. The minimum atomic E-state index is -0.995. The number of benzene rings is 1. The fraction of sp³-hybridized carbons (Fsp3) is 0.417. The Balaban J connectivity index is 2.30. The number of aliphatic hydroxyl groups excluding tert-OH is 2. The van der Waals surface area contributed by atoms with Crippen LogP contribution in [0.5, 0.6) is 0 Å². The maximum atomic E-state index is 11.3. The molecule has 108 valence electrons. The number of hydrogen-bond donors (Lipinski definition) is 4. The van der Waals surface area contributed by atoms with E-state index in [-0.39, 0.29) is 23.8 Å². The van der Waals surface area contributed by atoms with Crippen molar-refractivity contribution in [3.05, 3.63) is 27.8 Å². The molecule has 1 amide bonds. The van der Waals surface area contributed by atoms with Crippen molar-refractivity contribution in [3.8, 4) is 0 Å². The number of nitrogens with zero attached hydrogens (tertiary/aromatic N) is 1. The fourth-order valence-corrected chi connectivity index (χ4v) is 2.00. The van der Waals surface area contributed by atoms with Crippen LogP contribution in [0, 0.1) is 10.1 Å². The molecule has 8 nitrogen and oxygen atoms in total. The van der Waals surface area contributed by atoms with Crippen LogP contribution in [0.2, 0.25) is 0 Å². The molecule has 0 fully saturated rings. The molecule has 1 aromatic rings. The Labute approximate surface area is 114 Å². The molecule has 1 aromatic carbocycles. The predicted molar refractivity (Wildman–Crippen MR) is 71.6 cm³/mol. The Morgan fingerprint density at radius 3 is 2.85 bits per heavy atom. The summed E-state index contributed by atoms with van der Waals surface area (Å²) >= 11 is 0. The quantitative estimate of drug-likeness (QED) is 0.453. The van der Waals surface area contributed by atoms with Crippen LogP contribution >= 0.6 is 0 Å². The molecule has 1 aliphatic rings. The highest BCUT2D eigenvalue weighted by Gasteiger charge is 2.22. The van der Waals surface area contributed by atoms with Crippen molar-refractivity contribution >= 4 is 23.0 Å². The number of carbonyl (C=O) groups excluding carboxylic acids is 1. The van der Waals surface area contributed by atoms with Crippen LogP contribution in [0.1, 0.15) is 12.0 Å². The molecule has 20 heavy (non-hydrogen) atoms. The third kappa shape index (κ3) is 3.03. The smallest absolute Gasteiger partial charge is 0.294 e. The summed E-state index contributed by atoms with van der Waals surface area (Å²) in [4.78, 5) is 21.8. The minimum Gasteiger partial charge on any atom is -0.394 e. The number of fused-ring (bicyclic) bond motifs is 1. The van der Waals surface area contributed by atoms with Gasteiger partial charge in [-0.3, -0.25) is 14.9 Å². The van der Waals surface area contributed by atoms with Gasteiger partial charge in [0.25, 0.3) is 5.69 Å². The van der Waals surface area contributed by atoms with E-state index in [1.54, 1.807) is 6.07 Å². The topological polar surface area (TPSA) is 125 Å². The van der Waals surface area contributed by atoms with Crippen molar-refractivity contribution < 1.29 is 19.9 Å². The molecule has 1 heterocycles. The second-order valence-corrected chi connectivity index (χ2v) is 4.55. The van der Waals surface area contributed by atoms with E-state index in [9.17, 15) is 20.0 Å². The monoisotopic (exact) mass is 281 g/mol. The van der Waals surface area contributed by atoms with Crippen LogP contribution in [0.3, 0.4) is 0 Å². The van der Waals surface area contributed by atoms with E-state index in [0.717, 1.165) is 5.56 Å². The molecule has 0 aromatic heterocycles. The highest BCUT2D eigenvalue weighted by atomic mass is 16.6. The van der Waals surface area contributed by atoms with Crippen LogP contribution in [0.25, 0.3) is 0 Å². The van der Waals surface area contributed by atoms with E-state index in [2.05, 4.69) is 10.6 Å². The molecule has 0 spiro atoms. The zero-order valence-corrected chi connectivity index (χ0v) is 10.6. The average Bonchev–Trinajstić information content (AvgIpc) is 2.43. The standard InChI is InChI=1S/C12H15N3O5/c16-6-8(17)5-13-10-3-7-1-2-12(18)14-9(7)4-11(10)15(19)20/h3-4,8,13,16-17H,1-2,5-6H2,(H,14,18). The fourth-order valence-electron chi connectivity index (χ4n) is 2.00. The Morgan fingerprint density at radius 2 is 2.20 bits per heavy atom. The lowest BCUT2D eigenvalue weighted by Crippen LogP contribution is -2.24. The maximum absolute atomic E-state index is 11.3. The van der Waals surface area contributed by atoms with Gasteiger partial charge in [0.2, 0.25) is 5.91 Å². The number of nitrogens with one attached hydrogen (secondary N) is 2. The van der Waals surface area contributed by atoms with Crippen molar-refractivity contribution in [1.82, 2.24) is 0 Å². The first-order chi connectivity index (χ1) is 9.51. The highest BCUT2D eigenvalue weighted by Crippen LogP contribution is 2.34. The second kappa shape index (κ2) is 5.85. The van der Waals surface area contributed by atoms with E-state index in [1.165, 1.54) is 6.07 Å². The van der Waals surface area contributed by atoms with Crippen LogP contribution < -0.4 is 10.6 Å². The second-order valence-electron chi connectivity index (χ2n) is 4.55. The number of carbonyl (C=O) groups is 1. The number of nitro groups is 1. The third-order valence-electron chi connectivity index (χ3n) is 3.05. The van der Waals surface area contributed by atoms with E-state index in [4.69, 9.17) is 5.11 Å². The number of amides is 1. The molecule has 0 aliphatic carbocycles. The van der Waals surface area contributed by atoms with E-state index >= 15 is 0 Å². The summed E-state index contributed by atoms with van der Waals surface area (Å²) in [6.45, 7) is -0.426. The highest BCUT2D eigenvalue weighted by molar-refractivity contribution is 5.95. The lowest BCUT2D eigenvalue weighted by molar-refractivity contribution is -0.383. The minimum absolute atomic E-state index is 0.00247. The molecule has 1 aliphatic heterocycles. The summed E-state index contributed by atoms with van der Waals surface area (Å²) < 4.78 is 0. The molecule has 0 radical (unpaired) electrons. The SMILES string of the molecule is O=C1CCc2cc(NCC(O)CO)c([N+](=O)[O-])cc2N1. The summed E-state index contributed by atoms with van der Waals surface area (Å²) in [6.07, 6.45) is -0.148. The van der Waals surface area contributed by atoms with E-state index < -0.39 is 17.6 Å². The Hall–Kier alpha value is -2.19. The van der Waals surface area contributed by atoms with Gasteiger partial charge in [-0.1, -0.05) is 0 Å². The Kier molecular flexibility index (Phi) is 4.16. The summed E-state index contributed by atoms with van der Waals surface area (Å²) in [6, 6.07) is 2.90. The largest absolute Gasteiger partial charge is 0.394 e. The molecule has 8 heteroatoms. The summed E-state index contributed by atoms with van der Waals surface area (Å²) in [5, 5.41) is 34.4. The molecule has 0 saturated heterocycles. The van der Waals surface area contributed by atoms with Gasteiger partial charge in [0.1, 0.15) is 5.69 Å². The Bertz CT molecular complexity index is 546. The van der Waals surface area contributed by atoms with Crippen LogP contribution in [0.4, 0.5) is 17.1 Å². The molecule has 2 rings (SSSR count). The van der Waals surface area contributed by atoms with Crippen molar-refractivity contribution in [2.75, 3.05) is 23.8 Å². The summed E-state index contributed by atoms with van der Waals surface area (Å²) in [7, 11) is 0. The molecular weight excluding hydrogens is 266 g/mol. The number of hydrogen-bond acceptors (Lipinski definition) is 6. The molecule has 0 saturated carbocycles. The van der Waals surface area contributed by atoms with Gasteiger partial charge in [-0.15, -0.1) is 0 Å². The van der Waals surface area contributed by atoms with Crippen LogP contribution in [0.15, 0.2) is 12.1 Å². The van der Waals surface area contributed by atoms with Gasteiger partial charge in [-0.25, -0.2) is 0 Å². The third-order valence-corrected chi connectivity index (χ3v) is 3.05. The molecule has 1 atom stereocenters. The zero-order chi connectivity index (χ0) is 14.7. The van der Waals surface area contributed by atoms with E-state index in [1.807, 2.05) is 0 Å². The maximum Gasteiger partial charge on any atom is 0.294 e. The van der Waals surface area contributed by atoms with E-state index in [0.29, 0.717) is 18.5 Å². The molecule has 4 N–H and O–H groups in total. The predicted octanol–water partition coefficient (Wildman–Crippen LogP) is 0.245. The van der Waals surface area contributed by atoms with Gasteiger partial charge in [0.15, 0.2) is 0 Å². The Morgan fingerprint density at radius 1 is 1.45 bits per heavy atom. The first kappa shape index (κ1) is 14.2. The van der Waals surface area contributed by atoms with Gasteiger partial charge < -0.3 is 20.8 Å². The molecule has 0 bridgehead atoms. The normalized spacial score (nSPS) is 15.2.